The molecule has 0 radical (unpaired) electrons. The van der Waals surface area contributed by atoms with Crippen LogP contribution in [0.25, 0.3) is 0 Å². The lowest BCUT2D eigenvalue weighted by atomic mass is 10.1. The Morgan fingerprint density at radius 1 is 1.37 bits per heavy atom. The van der Waals surface area contributed by atoms with Gasteiger partial charge in [-0.2, -0.15) is 0 Å². The van der Waals surface area contributed by atoms with E-state index in [-0.39, 0.29) is 10.9 Å². The van der Waals surface area contributed by atoms with Crippen molar-refractivity contribution in [3.63, 3.8) is 0 Å². The number of primary sulfonamides is 1. The number of aromatic nitrogens is 1. The Morgan fingerprint density at radius 3 is 2.58 bits per heavy atom. The third kappa shape index (κ3) is 3.84. The van der Waals surface area contributed by atoms with Crippen molar-refractivity contribution in [1.29, 1.82) is 0 Å². The number of hydrogen-bond donors (Lipinski definition) is 2. The predicted octanol–water partition coefficient (Wildman–Crippen LogP) is 1.64. The number of nitrogens with one attached hydrogen (secondary N) is 1. The van der Waals surface area contributed by atoms with Gasteiger partial charge < -0.3 is 5.32 Å². The van der Waals surface area contributed by atoms with Crippen LogP contribution in [0.4, 0.5) is 0 Å². The molecule has 5 nitrogen and oxygen atoms in total. The highest BCUT2D eigenvalue weighted by atomic mass is 32.2. The molecule has 0 aliphatic rings. The van der Waals surface area contributed by atoms with E-state index in [0.29, 0.717) is 6.54 Å². The highest BCUT2D eigenvalue weighted by Crippen LogP contribution is 2.16. The van der Waals surface area contributed by atoms with Crippen LogP contribution in [0.15, 0.2) is 40.7 Å². The largest absolute Gasteiger partial charge is 0.304 e. The van der Waals surface area contributed by atoms with Crippen LogP contribution in [-0.2, 0) is 16.6 Å². The molecule has 1 aromatic carbocycles. The minimum atomic E-state index is -3.62. The van der Waals surface area contributed by atoms with E-state index >= 15 is 0 Å². The first-order chi connectivity index (χ1) is 8.97. The standard InChI is InChI=1S/C12H15N3O2S2/c1-9(15-8-12-14-6-7-18-12)10-2-4-11(5-3-10)19(13,16)17/h2-7,9,15H,8H2,1H3,(H2,13,16,17). The van der Waals surface area contributed by atoms with Crippen LogP contribution in [0.5, 0.6) is 0 Å². The fraction of sp³-hybridized carbons (Fsp3) is 0.250. The summed E-state index contributed by atoms with van der Waals surface area (Å²) in [6, 6.07) is 6.68. The summed E-state index contributed by atoms with van der Waals surface area (Å²) in [7, 11) is -3.62. The van der Waals surface area contributed by atoms with Crippen molar-refractivity contribution >= 4 is 21.4 Å². The second-order valence-corrected chi connectivity index (χ2v) is 6.68. The maximum atomic E-state index is 11.2. The Bertz CT molecular complexity index is 622. The molecule has 0 aliphatic carbocycles. The van der Waals surface area contributed by atoms with E-state index in [1.807, 2.05) is 12.3 Å². The third-order valence-corrected chi connectivity index (χ3v) is 4.46. The van der Waals surface area contributed by atoms with Gasteiger partial charge in [0.25, 0.3) is 0 Å². The lowest BCUT2D eigenvalue weighted by molar-refractivity contribution is 0.572. The second kappa shape index (κ2) is 5.79. The van der Waals surface area contributed by atoms with Crippen molar-refractivity contribution in [2.45, 2.75) is 24.4 Å². The fourth-order valence-corrected chi connectivity index (χ4v) is 2.73. The normalized spacial score (nSPS) is 13.4. The van der Waals surface area contributed by atoms with E-state index in [2.05, 4.69) is 10.3 Å². The van der Waals surface area contributed by atoms with Crippen molar-refractivity contribution in [3.8, 4) is 0 Å². The van der Waals surface area contributed by atoms with Crippen LogP contribution >= 0.6 is 11.3 Å². The van der Waals surface area contributed by atoms with Gasteiger partial charge in [0.15, 0.2) is 0 Å². The topological polar surface area (TPSA) is 85.1 Å². The van der Waals surface area contributed by atoms with Gasteiger partial charge in [-0.3, -0.25) is 0 Å². The molecule has 0 saturated carbocycles. The number of hydrogen-bond acceptors (Lipinski definition) is 5. The molecule has 2 aromatic rings. The molecule has 1 aromatic heterocycles. The number of nitrogens with zero attached hydrogens (tertiary/aromatic N) is 1. The zero-order valence-corrected chi connectivity index (χ0v) is 12.0. The number of rotatable bonds is 5. The molecular weight excluding hydrogens is 282 g/mol. The smallest absolute Gasteiger partial charge is 0.238 e. The molecule has 0 saturated heterocycles. The van der Waals surface area contributed by atoms with Crippen molar-refractivity contribution in [1.82, 2.24) is 10.3 Å². The summed E-state index contributed by atoms with van der Waals surface area (Å²) in [5, 5.41) is 11.3. The second-order valence-electron chi connectivity index (χ2n) is 4.14. The Balaban J connectivity index is 2.01. The van der Waals surface area contributed by atoms with Crippen LogP contribution in [-0.4, -0.2) is 13.4 Å². The lowest BCUT2D eigenvalue weighted by Gasteiger charge is -2.13. The Kier molecular flexibility index (Phi) is 4.31. The van der Waals surface area contributed by atoms with E-state index in [4.69, 9.17) is 5.14 Å². The summed E-state index contributed by atoms with van der Waals surface area (Å²) in [6.45, 7) is 2.70. The SMILES string of the molecule is CC(NCc1nccs1)c1ccc(S(N)(=O)=O)cc1. The maximum Gasteiger partial charge on any atom is 0.238 e. The first kappa shape index (κ1) is 14.1. The molecule has 0 aliphatic heterocycles. The first-order valence-corrected chi connectivity index (χ1v) is 8.14. The van der Waals surface area contributed by atoms with Crippen LogP contribution in [0.1, 0.15) is 23.5 Å². The van der Waals surface area contributed by atoms with Gasteiger partial charge in [-0.1, -0.05) is 12.1 Å². The summed E-state index contributed by atoms with van der Waals surface area (Å²) >= 11 is 1.60. The highest BCUT2D eigenvalue weighted by molar-refractivity contribution is 7.89. The van der Waals surface area contributed by atoms with Crippen LogP contribution in [0.3, 0.4) is 0 Å². The van der Waals surface area contributed by atoms with E-state index in [9.17, 15) is 8.42 Å². The number of benzene rings is 1. The molecule has 0 bridgehead atoms. The van der Waals surface area contributed by atoms with Crippen LogP contribution in [0, 0.1) is 0 Å². The Hall–Kier alpha value is -1.28. The van der Waals surface area contributed by atoms with E-state index in [0.717, 1.165) is 10.6 Å². The molecule has 1 unspecified atom stereocenters. The maximum absolute atomic E-state index is 11.2. The fourth-order valence-electron chi connectivity index (χ4n) is 1.64. The van der Waals surface area contributed by atoms with Gasteiger partial charge in [-0.25, -0.2) is 18.5 Å². The first-order valence-electron chi connectivity index (χ1n) is 5.71. The zero-order valence-electron chi connectivity index (χ0n) is 10.4. The summed E-state index contributed by atoms with van der Waals surface area (Å²) < 4.78 is 22.3. The number of nitrogens with two attached hydrogens (primary N) is 1. The molecule has 0 fully saturated rings. The van der Waals surface area contributed by atoms with Gasteiger partial charge in [0.1, 0.15) is 5.01 Å². The molecule has 1 heterocycles. The van der Waals surface area contributed by atoms with Gasteiger partial charge in [0.2, 0.25) is 10.0 Å². The van der Waals surface area contributed by atoms with Crippen molar-refractivity contribution < 1.29 is 8.42 Å². The minimum absolute atomic E-state index is 0.110. The molecule has 102 valence electrons. The Morgan fingerprint density at radius 2 is 2.05 bits per heavy atom. The highest BCUT2D eigenvalue weighted by Gasteiger charge is 2.10. The summed E-state index contributed by atoms with van der Waals surface area (Å²) in [5.74, 6) is 0. The van der Waals surface area contributed by atoms with Crippen LogP contribution in [0.2, 0.25) is 0 Å². The molecule has 7 heteroatoms. The van der Waals surface area contributed by atoms with E-state index in [1.165, 1.54) is 12.1 Å². The number of sulfonamides is 1. The van der Waals surface area contributed by atoms with Gasteiger partial charge in [0, 0.05) is 24.2 Å². The molecule has 2 rings (SSSR count). The molecule has 3 N–H and O–H groups in total. The van der Waals surface area contributed by atoms with E-state index in [1.54, 1.807) is 29.7 Å². The van der Waals surface area contributed by atoms with Crippen LogP contribution < -0.4 is 10.5 Å². The summed E-state index contributed by atoms with van der Waals surface area (Å²) in [4.78, 5) is 4.32. The Labute approximate surface area is 116 Å². The van der Waals surface area contributed by atoms with Gasteiger partial charge in [-0.05, 0) is 24.6 Å². The zero-order chi connectivity index (χ0) is 13.9. The van der Waals surface area contributed by atoms with Gasteiger partial charge in [-0.15, -0.1) is 11.3 Å². The van der Waals surface area contributed by atoms with Gasteiger partial charge in [0.05, 0.1) is 4.90 Å². The average molecular weight is 297 g/mol. The predicted molar refractivity (Wildman–Crippen MR) is 75.2 cm³/mol. The summed E-state index contributed by atoms with van der Waals surface area (Å²) in [6.07, 6.45) is 1.77. The molecule has 19 heavy (non-hydrogen) atoms. The molecule has 1 atom stereocenters. The molecule has 0 amide bonds. The van der Waals surface area contributed by atoms with Gasteiger partial charge >= 0.3 is 0 Å². The monoisotopic (exact) mass is 297 g/mol. The molecular formula is C12H15N3O2S2. The minimum Gasteiger partial charge on any atom is -0.304 e. The van der Waals surface area contributed by atoms with Crippen molar-refractivity contribution in [2.75, 3.05) is 0 Å². The average Bonchev–Trinajstić information content (AvgIpc) is 2.88. The lowest BCUT2D eigenvalue weighted by Crippen LogP contribution is -2.18. The quantitative estimate of drug-likeness (QED) is 0.878. The van der Waals surface area contributed by atoms with Crippen molar-refractivity contribution in [3.05, 3.63) is 46.4 Å². The number of thiazole rings is 1. The summed E-state index contributed by atoms with van der Waals surface area (Å²) in [5.41, 5.74) is 1.00. The molecule has 0 spiro atoms. The third-order valence-electron chi connectivity index (χ3n) is 2.75. The van der Waals surface area contributed by atoms with Crippen molar-refractivity contribution in [2.24, 2.45) is 5.14 Å². The van der Waals surface area contributed by atoms with E-state index < -0.39 is 10.0 Å².